The summed E-state index contributed by atoms with van der Waals surface area (Å²) in [4.78, 5) is 25.0. The van der Waals surface area contributed by atoms with E-state index in [1.165, 1.54) is 12.8 Å². The lowest BCUT2D eigenvalue weighted by atomic mass is 10.1. The number of imidazole rings is 1. The van der Waals surface area contributed by atoms with Crippen LogP contribution in [-0.2, 0) is 13.6 Å². The fourth-order valence-corrected chi connectivity index (χ4v) is 6.35. The highest BCUT2D eigenvalue weighted by Crippen LogP contribution is 2.40. The van der Waals surface area contributed by atoms with Crippen molar-refractivity contribution < 1.29 is 14.6 Å². The van der Waals surface area contributed by atoms with Crippen molar-refractivity contribution in [1.29, 1.82) is 0 Å². The van der Waals surface area contributed by atoms with Gasteiger partial charge in [0.2, 0.25) is 0 Å². The molecule has 4 atom stereocenters. The Labute approximate surface area is 208 Å². The Kier molecular flexibility index (Phi) is 4.72. The Morgan fingerprint density at radius 1 is 1.28 bits per heavy atom. The van der Waals surface area contributed by atoms with Gasteiger partial charge in [0.25, 0.3) is 5.91 Å². The van der Waals surface area contributed by atoms with Gasteiger partial charge in [-0.1, -0.05) is 0 Å². The van der Waals surface area contributed by atoms with Crippen molar-refractivity contribution in [2.24, 2.45) is 24.6 Å². The standard InChI is InChI=1S/C27H30N6O3/c1-31-23-18(30-26(31)19-9-15-4-3-7-29-25(15)32(19)12-14-5-6-14)8-16(11-21(23)36-2)27(35)33-13-17-10-20(34)24(33)22(17)28/h3-4,7-9,11,14,17,20,22,24,34H,5-6,10,12-13,28H2,1-2H3/t17-,20+,22?,24?/m1/s1. The van der Waals surface area contributed by atoms with Gasteiger partial charge in [-0.2, -0.15) is 0 Å². The molecule has 1 aliphatic heterocycles. The number of nitrogens with two attached hydrogens (primary N) is 1. The molecular weight excluding hydrogens is 456 g/mol. The smallest absolute Gasteiger partial charge is 0.254 e. The van der Waals surface area contributed by atoms with E-state index < -0.39 is 6.10 Å². The minimum atomic E-state index is -0.572. The number of aromatic nitrogens is 4. The van der Waals surface area contributed by atoms with Crippen LogP contribution in [0.2, 0.25) is 0 Å². The molecule has 4 heterocycles. The van der Waals surface area contributed by atoms with Crippen LogP contribution in [0.15, 0.2) is 36.5 Å². The van der Waals surface area contributed by atoms with Gasteiger partial charge in [0.1, 0.15) is 16.9 Å². The summed E-state index contributed by atoms with van der Waals surface area (Å²) in [6, 6.07) is 9.28. The van der Waals surface area contributed by atoms with Crippen molar-refractivity contribution in [2.45, 2.75) is 44.0 Å². The number of aryl methyl sites for hydroxylation is 1. The number of hydrogen-bond acceptors (Lipinski definition) is 6. The Morgan fingerprint density at radius 2 is 2.11 bits per heavy atom. The molecule has 7 rings (SSSR count). The Bertz CT molecular complexity index is 1520. The van der Waals surface area contributed by atoms with Crippen molar-refractivity contribution in [3.05, 3.63) is 42.1 Å². The highest BCUT2D eigenvalue weighted by atomic mass is 16.5. The number of fused-ring (bicyclic) bond motifs is 4. The van der Waals surface area contributed by atoms with E-state index in [0.717, 1.165) is 34.6 Å². The second-order valence-corrected chi connectivity index (χ2v) is 10.6. The van der Waals surface area contributed by atoms with E-state index in [2.05, 4.69) is 21.7 Å². The molecular formula is C27H30N6O3. The summed E-state index contributed by atoms with van der Waals surface area (Å²) in [7, 11) is 3.59. The van der Waals surface area contributed by atoms with Crippen molar-refractivity contribution in [1.82, 2.24) is 24.0 Å². The van der Waals surface area contributed by atoms with Gasteiger partial charge >= 0.3 is 0 Å². The van der Waals surface area contributed by atoms with Crippen molar-refractivity contribution in [3.63, 3.8) is 0 Å². The van der Waals surface area contributed by atoms with Gasteiger partial charge in [-0.05, 0) is 61.4 Å². The van der Waals surface area contributed by atoms with Crippen LogP contribution in [0.5, 0.6) is 5.75 Å². The zero-order valence-corrected chi connectivity index (χ0v) is 20.5. The molecule has 186 valence electrons. The summed E-state index contributed by atoms with van der Waals surface area (Å²) in [6.45, 7) is 1.49. The van der Waals surface area contributed by atoms with E-state index in [0.29, 0.717) is 35.7 Å². The second kappa shape index (κ2) is 7.78. The number of pyridine rings is 1. The second-order valence-electron chi connectivity index (χ2n) is 10.6. The lowest BCUT2D eigenvalue weighted by Gasteiger charge is -2.30. The molecule has 3 aromatic heterocycles. The Hall–Kier alpha value is -3.43. The largest absolute Gasteiger partial charge is 0.494 e. The number of hydrogen-bond donors (Lipinski definition) is 2. The molecule has 9 heteroatoms. The van der Waals surface area contributed by atoms with Crippen molar-refractivity contribution in [2.75, 3.05) is 13.7 Å². The third-order valence-corrected chi connectivity index (χ3v) is 8.35. The predicted octanol–water partition coefficient (Wildman–Crippen LogP) is 2.54. The number of ether oxygens (including phenoxy) is 1. The van der Waals surface area contributed by atoms with Crippen LogP contribution in [0, 0.1) is 11.8 Å². The summed E-state index contributed by atoms with van der Waals surface area (Å²) in [5.74, 6) is 2.07. The van der Waals surface area contributed by atoms with E-state index in [4.69, 9.17) is 15.5 Å². The molecule has 3 N–H and O–H groups in total. The van der Waals surface area contributed by atoms with E-state index in [1.54, 1.807) is 18.1 Å². The molecule has 2 saturated carbocycles. The van der Waals surface area contributed by atoms with Gasteiger partial charge in [0, 0.05) is 43.3 Å². The summed E-state index contributed by atoms with van der Waals surface area (Å²) in [5, 5.41) is 11.5. The highest BCUT2D eigenvalue weighted by molar-refractivity contribution is 6.00. The fourth-order valence-electron chi connectivity index (χ4n) is 6.35. The lowest BCUT2D eigenvalue weighted by Crippen LogP contribution is -2.48. The summed E-state index contributed by atoms with van der Waals surface area (Å²) >= 11 is 0. The summed E-state index contributed by atoms with van der Waals surface area (Å²) in [5.41, 5.74) is 10.3. The molecule has 0 spiro atoms. The molecule has 1 amide bonds. The number of benzene rings is 1. The van der Waals surface area contributed by atoms with Gasteiger partial charge in [0.15, 0.2) is 5.82 Å². The topological polar surface area (TPSA) is 111 Å². The zero-order chi connectivity index (χ0) is 24.7. The number of piperidine rings is 1. The van der Waals surface area contributed by atoms with Crippen LogP contribution >= 0.6 is 0 Å². The number of aliphatic hydroxyl groups is 1. The third-order valence-electron chi connectivity index (χ3n) is 8.35. The lowest BCUT2D eigenvalue weighted by molar-refractivity contribution is 0.0394. The van der Waals surface area contributed by atoms with Crippen molar-refractivity contribution >= 4 is 28.0 Å². The third kappa shape index (κ3) is 3.12. The maximum atomic E-state index is 13.6. The van der Waals surface area contributed by atoms with Crippen LogP contribution in [0.3, 0.4) is 0 Å². The molecule has 2 unspecified atom stereocenters. The maximum Gasteiger partial charge on any atom is 0.254 e. The first kappa shape index (κ1) is 21.8. The number of likely N-dealkylation sites (tertiary alicyclic amines) is 1. The van der Waals surface area contributed by atoms with Gasteiger partial charge in [-0.15, -0.1) is 0 Å². The fraction of sp³-hybridized carbons (Fsp3) is 0.444. The first-order valence-corrected chi connectivity index (χ1v) is 12.7. The summed E-state index contributed by atoms with van der Waals surface area (Å²) < 4.78 is 10.1. The molecule has 36 heavy (non-hydrogen) atoms. The first-order valence-electron chi connectivity index (χ1n) is 12.7. The number of carbonyl (C=O) groups excluding carboxylic acids is 1. The molecule has 1 aromatic carbocycles. The minimum Gasteiger partial charge on any atom is -0.494 e. The quantitative estimate of drug-likeness (QED) is 0.449. The average molecular weight is 487 g/mol. The Balaban J connectivity index is 1.34. The number of nitrogens with zero attached hydrogens (tertiary/aromatic N) is 5. The van der Waals surface area contributed by atoms with Crippen LogP contribution in [0.4, 0.5) is 0 Å². The molecule has 1 saturated heterocycles. The molecule has 4 aromatic rings. The number of methoxy groups -OCH3 is 1. The highest BCUT2D eigenvalue weighted by Gasteiger charge is 2.52. The van der Waals surface area contributed by atoms with Gasteiger partial charge in [-0.3, -0.25) is 4.79 Å². The first-order chi connectivity index (χ1) is 17.4. The summed E-state index contributed by atoms with van der Waals surface area (Å²) in [6.07, 6.45) is 4.40. The van der Waals surface area contributed by atoms with Crippen LogP contribution in [0.1, 0.15) is 29.6 Å². The molecule has 3 fully saturated rings. The van der Waals surface area contributed by atoms with Crippen LogP contribution in [-0.4, -0.2) is 66.9 Å². The van der Waals surface area contributed by atoms with Crippen LogP contribution < -0.4 is 10.5 Å². The molecule has 0 radical (unpaired) electrons. The predicted molar refractivity (Wildman–Crippen MR) is 136 cm³/mol. The van der Waals surface area contributed by atoms with E-state index in [1.807, 2.05) is 29.9 Å². The monoisotopic (exact) mass is 486 g/mol. The maximum absolute atomic E-state index is 13.6. The van der Waals surface area contributed by atoms with Gasteiger partial charge < -0.3 is 29.6 Å². The van der Waals surface area contributed by atoms with E-state index in [9.17, 15) is 9.90 Å². The van der Waals surface area contributed by atoms with E-state index in [-0.39, 0.29) is 23.9 Å². The number of amides is 1. The number of aliphatic hydroxyl groups excluding tert-OH is 1. The molecule has 9 nitrogen and oxygen atoms in total. The average Bonchev–Trinajstić information content (AvgIpc) is 3.32. The van der Waals surface area contributed by atoms with Gasteiger partial charge in [0.05, 0.1) is 30.5 Å². The molecule has 3 aliphatic rings. The molecule has 2 aliphatic carbocycles. The molecule has 2 bridgehead atoms. The zero-order valence-electron chi connectivity index (χ0n) is 20.5. The van der Waals surface area contributed by atoms with Crippen LogP contribution in [0.25, 0.3) is 33.6 Å². The minimum absolute atomic E-state index is 0.142. The van der Waals surface area contributed by atoms with Crippen molar-refractivity contribution in [3.8, 4) is 17.3 Å². The number of rotatable bonds is 5. The Morgan fingerprint density at radius 3 is 2.83 bits per heavy atom. The normalized spacial score (nSPS) is 25.4. The number of carbonyl (C=O) groups is 1. The van der Waals surface area contributed by atoms with Gasteiger partial charge in [-0.25, -0.2) is 9.97 Å². The van der Waals surface area contributed by atoms with E-state index >= 15 is 0 Å². The SMILES string of the molecule is COc1cc(C(=O)N2C[C@H]3C[C@H](O)C2C3N)cc2nc(-c3cc4cccnc4n3CC3CC3)n(C)c12.